The maximum absolute atomic E-state index is 10.5. The maximum Gasteiger partial charge on any atom is 0.150 e. The Morgan fingerprint density at radius 1 is 0.929 bits per heavy atom. The Bertz CT molecular complexity index is 435. The molecule has 2 aromatic rings. The third kappa shape index (κ3) is 2.04. The third-order valence-electron chi connectivity index (χ3n) is 1.91. The molecule has 0 aliphatic rings. The van der Waals surface area contributed by atoms with Crippen LogP contribution in [0.5, 0.6) is 0 Å². The zero-order valence-electron chi connectivity index (χ0n) is 7.64. The van der Waals surface area contributed by atoms with Crippen molar-refractivity contribution in [3.05, 3.63) is 48.0 Å². The van der Waals surface area contributed by atoms with Crippen LogP contribution in [0.1, 0.15) is 10.4 Å². The van der Waals surface area contributed by atoms with E-state index in [9.17, 15) is 4.79 Å². The molecular formula is C12H10O2. The minimum absolute atomic E-state index is 0.730. The fourth-order valence-electron chi connectivity index (χ4n) is 1.28. The first-order valence-electron chi connectivity index (χ1n) is 4.13. The average molecular weight is 186 g/mol. The summed E-state index contributed by atoms with van der Waals surface area (Å²) in [5.74, 6) is 0. The van der Waals surface area contributed by atoms with Crippen LogP contribution in [0.4, 0.5) is 0 Å². The van der Waals surface area contributed by atoms with Gasteiger partial charge in [-0.1, -0.05) is 36.4 Å². The van der Waals surface area contributed by atoms with Crippen LogP contribution in [0.2, 0.25) is 0 Å². The molecule has 0 bridgehead atoms. The van der Waals surface area contributed by atoms with Gasteiger partial charge in [0.05, 0.1) is 0 Å². The summed E-state index contributed by atoms with van der Waals surface area (Å²) in [6, 6.07) is 13.7. The topological polar surface area (TPSA) is 34.1 Å². The number of rotatable bonds is 1. The van der Waals surface area contributed by atoms with Gasteiger partial charge in [-0.15, -0.1) is 0 Å². The second-order valence-corrected chi connectivity index (χ2v) is 2.72. The summed E-state index contributed by atoms with van der Waals surface area (Å²) < 4.78 is 0. The molecule has 0 aromatic heterocycles. The van der Waals surface area contributed by atoms with E-state index in [2.05, 4.69) is 0 Å². The van der Waals surface area contributed by atoms with Crippen LogP contribution in [0.15, 0.2) is 42.5 Å². The zero-order valence-corrected chi connectivity index (χ0v) is 7.64. The molecule has 14 heavy (non-hydrogen) atoms. The van der Waals surface area contributed by atoms with Gasteiger partial charge in [-0.25, -0.2) is 0 Å². The van der Waals surface area contributed by atoms with Gasteiger partial charge in [0.25, 0.3) is 0 Å². The Labute approximate surface area is 82.2 Å². The molecule has 0 amide bonds. The van der Waals surface area contributed by atoms with Crippen LogP contribution < -0.4 is 0 Å². The highest BCUT2D eigenvalue weighted by molar-refractivity contribution is 5.88. The van der Waals surface area contributed by atoms with Crippen molar-refractivity contribution in [3.8, 4) is 0 Å². The van der Waals surface area contributed by atoms with Gasteiger partial charge < -0.3 is 4.79 Å². The average Bonchev–Trinajstić information content (AvgIpc) is 2.31. The van der Waals surface area contributed by atoms with E-state index in [0.29, 0.717) is 0 Å². The summed E-state index contributed by atoms with van der Waals surface area (Å²) >= 11 is 0. The van der Waals surface area contributed by atoms with Crippen molar-refractivity contribution in [3.63, 3.8) is 0 Å². The molecule has 2 nitrogen and oxygen atoms in total. The molecule has 0 fully saturated rings. The Hall–Kier alpha value is -1.96. The number of hydrogen-bond acceptors (Lipinski definition) is 2. The Morgan fingerprint density at radius 2 is 1.57 bits per heavy atom. The molecule has 0 N–H and O–H groups in total. The quantitative estimate of drug-likeness (QED) is 0.641. The van der Waals surface area contributed by atoms with Crippen molar-refractivity contribution in [2.24, 2.45) is 0 Å². The zero-order chi connectivity index (χ0) is 10.4. The molecule has 0 radical (unpaired) electrons. The summed E-state index contributed by atoms with van der Waals surface area (Å²) in [6.07, 6.45) is 0.867. The van der Waals surface area contributed by atoms with Gasteiger partial charge in [-0.3, -0.25) is 4.79 Å². The number of carbonyl (C=O) groups is 2. The van der Waals surface area contributed by atoms with Crippen molar-refractivity contribution in [1.82, 2.24) is 0 Å². The van der Waals surface area contributed by atoms with Gasteiger partial charge in [-0.05, 0) is 16.8 Å². The maximum atomic E-state index is 10.5. The van der Waals surface area contributed by atoms with Crippen molar-refractivity contribution >= 4 is 23.8 Å². The molecule has 2 rings (SSSR count). The highest BCUT2D eigenvalue weighted by Crippen LogP contribution is 2.14. The van der Waals surface area contributed by atoms with Crippen LogP contribution in [0, 0.1) is 0 Å². The van der Waals surface area contributed by atoms with Gasteiger partial charge >= 0.3 is 0 Å². The van der Waals surface area contributed by atoms with Crippen molar-refractivity contribution in [2.45, 2.75) is 0 Å². The highest BCUT2D eigenvalue weighted by atomic mass is 16.1. The predicted molar refractivity (Wildman–Crippen MR) is 56.5 cm³/mol. The first-order valence-corrected chi connectivity index (χ1v) is 4.13. The third-order valence-corrected chi connectivity index (χ3v) is 1.91. The van der Waals surface area contributed by atoms with Crippen LogP contribution in [0.3, 0.4) is 0 Å². The normalized spacial score (nSPS) is 8.86. The fourth-order valence-corrected chi connectivity index (χ4v) is 1.28. The summed E-state index contributed by atoms with van der Waals surface area (Å²) in [6.45, 7) is 2.00. The molecule has 0 aliphatic heterocycles. The van der Waals surface area contributed by atoms with E-state index in [1.807, 2.05) is 49.3 Å². The second kappa shape index (κ2) is 4.92. The van der Waals surface area contributed by atoms with Crippen molar-refractivity contribution < 1.29 is 9.59 Å². The lowest BCUT2D eigenvalue weighted by Crippen LogP contribution is -1.78. The van der Waals surface area contributed by atoms with Crippen LogP contribution in [-0.4, -0.2) is 13.1 Å². The molecule has 0 unspecified atom stereocenters. The first-order chi connectivity index (χ1) is 6.90. The molecule has 2 aromatic carbocycles. The number of carbonyl (C=O) groups excluding carboxylic acids is 2. The molecule has 0 heterocycles. The Balaban J connectivity index is 0.000000461. The second-order valence-electron chi connectivity index (χ2n) is 2.72. The molecule has 0 aliphatic carbocycles. The van der Waals surface area contributed by atoms with Gasteiger partial charge in [0.2, 0.25) is 0 Å². The summed E-state index contributed by atoms with van der Waals surface area (Å²) in [7, 11) is 0. The Morgan fingerprint density at radius 3 is 2.21 bits per heavy atom. The van der Waals surface area contributed by atoms with E-state index >= 15 is 0 Å². The Kier molecular flexibility index (Phi) is 3.56. The molecule has 0 saturated carbocycles. The van der Waals surface area contributed by atoms with Gasteiger partial charge in [0.1, 0.15) is 13.1 Å². The molecule has 70 valence electrons. The summed E-state index contributed by atoms with van der Waals surface area (Å²) in [5.41, 5.74) is 0.730. The van der Waals surface area contributed by atoms with E-state index in [-0.39, 0.29) is 0 Å². The van der Waals surface area contributed by atoms with E-state index in [1.165, 1.54) is 5.39 Å². The molecule has 0 spiro atoms. The minimum atomic E-state index is 0.730. The monoisotopic (exact) mass is 186 g/mol. The highest BCUT2D eigenvalue weighted by Gasteiger charge is 1.92. The predicted octanol–water partition coefficient (Wildman–Crippen LogP) is 2.47. The van der Waals surface area contributed by atoms with Crippen LogP contribution in [-0.2, 0) is 4.79 Å². The standard InChI is InChI=1S/C11H8O.CH2O/c12-8-9-5-6-10-3-1-2-4-11(10)7-9;1-2/h1-8H;1H2. The largest absolute Gasteiger partial charge is 0.307 e. The van der Waals surface area contributed by atoms with Crippen LogP contribution >= 0.6 is 0 Å². The van der Waals surface area contributed by atoms with Gasteiger partial charge in [-0.2, -0.15) is 0 Å². The van der Waals surface area contributed by atoms with E-state index < -0.39 is 0 Å². The molecule has 2 heteroatoms. The van der Waals surface area contributed by atoms with E-state index in [0.717, 1.165) is 17.2 Å². The van der Waals surface area contributed by atoms with E-state index in [1.54, 1.807) is 0 Å². The number of benzene rings is 2. The minimum Gasteiger partial charge on any atom is -0.307 e. The van der Waals surface area contributed by atoms with Gasteiger partial charge in [0, 0.05) is 5.56 Å². The lowest BCUT2D eigenvalue weighted by Gasteiger charge is -1.96. The summed E-state index contributed by atoms with van der Waals surface area (Å²) in [4.78, 5) is 18.5. The number of aldehydes is 1. The lowest BCUT2D eigenvalue weighted by molar-refractivity contribution is -0.0979. The first kappa shape index (κ1) is 10.1. The molecule has 0 atom stereocenters. The fraction of sp³-hybridized carbons (Fsp3) is 0. The molecule has 0 saturated heterocycles. The lowest BCUT2D eigenvalue weighted by atomic mass is 10.1. The number of hydrogen-bond donors (Lipinski definition) is 0. The number of fused-ring (bicyclic) bond motifs is 1. The summed E-state index contributed by atoms with van der Waals surface area (Å²) in [5, 5.41) is 2.28. The smallest absolute Gasteiger partial charge is 0.150 e. The van der Waals surface area contributed by atoms with E-state index in [4.69, 9.17) is 4.79 Å². The van der Waals surface area contributed by atoms with Crippen LogP contribution in [0.25, 0.3) is 10.8 Å². The van der Waals surface area contributed by atoms with Crippen molar-refractivity contribution in [1.29, 1.82) is 0 Å². The SMILES string of the molecule is C=O.O=Cc1ccc2ccccc2c1. The molecular weight excluding hydrogens is 176 g/mol. The van der Waals surface area contributed by atoms with Gasteiger partial charge in [0.15, 0.2) is 0 Å². The van der Waals surface area contributed by atoms with Crippen molar-refractivity contribution in [2.75, 3.05) is 0 Å².